The zero-order valence-corrected chi connectivity index (χ0v) is 16.5. The van der Waals surface area contributed by atoms with Gasteiger partial charge in [-0.05, 0) is 43.2 Å². The Morgan fingerprint density at radius 1 is 1.15 bits per heavy atom. The Balaban J connectivity index is 1.43. The molecule has 0 bridgehead atoms. The first-order valence-electron chi connectivity index (χ1n) is 8.83. The first kappa shape index (κ1) is 16.6. The molecule has 1 aliphatic carbocycles. The van der Waals surface area contributed by atoms with Crippen molar-refractivity contribution in [3.05, 3.63) is 60.3 Å². The number of aromatic amines is 1. The molecule has 0 unspecified atom stereocenters. The molecule has 3 aromatic heterocycles. The largest absolute Gasteiger partial charge is 0.490 e. The number of aromatic nitrogens is 4. The summed E-state index contributed by atoms with van der Waals surface area (Å²) < 4.78 is 8.84. The summed E-state index contributed by atoms with van der Waals surface area (Å²) >= 11 is 2.52. The van der Waals surface area contributed by atoms with Crippen molar-refractivity contribution in [1.82, 2.24) is 19.4 Å². The lowest BCUT2D eigenvalue weighted by Crippen LogP contribution is -2.12. The van der Waals surface area contributed by atoms with Crippen LogP contribution < -0.4 is 4.74 Å². The van der Waals surface area contributed by atoms with Crippen molar-refractivity contribution in [2.45, 2.75) is 28.8 Å². The summed E-state index contributed by atoms with van der Waals surface area (Å²) in [7, 11) is 0. The molecule has 0 saturated heterocycles. The van der Waals surface area contributed by atoms with E-state index in [1.54, 1.807) is 12.1 Å². The third-order valence-corrected chi connectivity index (χ3v) is 6.52. The average Bonchev–Trinajstić information content (AvgIpc) is 3.39. The van der Waals surface area contributed by atoms with Gasteiger partial charge in [0.1, 0.15) is 17.7 Å². The number of hydrogen-bond donors (Lipinski definition) is 1. The minimum Gasteiger partial charge on any atom is -0.490 e. The fourth-order valence-electron chi connectivity index (χ4n) is 3.87. The topological polar surface area (TPSA) is 79.0 Å². The van der Waals surface area contributed by atoms with E-state index < -0.39 is 0 Å². The molecule has 134 valence electrons. The molecule has 4 aromatic rings. The molecule has 5 rings (SSSR count). The molecular weight excluding hydrogens is 453 g/mol. The number of fused-ring (bicyclic) bond motifs is 3. The molecule has 0 amide bonds. The van der Waals surface area contributed by atoms with Gasteiger partial charge in [-0.25, -0.2) is 9.97 Å². The van der Waals surface area contributed by atoms with E-state index in [9.17, 15) is 0 Å². The molecule has 27 heavy (non-hydrogen) atoms. The number of nitriles is 1. The van der Waals surface area contributed by atoms with E-state index in [0.717, 1.165) is 41.1 Å². The van der Waals surface area contributed by atoms with Gasteiger partial charge in [0, 0.05) is 16.0 Å². The summed E-state index contributed by atoms with van der Waals surface area (Å²) in [4.78, 5) is 12.4. The predicted octanol–water partition coefficient (Wildman–Crippen LogP) is 4.21. The van der Waals surface area contributed by atoms with Gasteiger partial charge in [-0.2, -0.15) is 5.26 Å². The highest BCUT2D eigenvalue weighted by Gasteiger charge is 2.37. The quantitative estimate of drug-likeness (QED) is 0.360. The third-order valence-electron chi connectivity index (χ3n) is 5.15. The number of rotatable bonds is 3. The number of alkyl halides is 1. The first-order valence-corrected chi connectivity index (χ1v) is 10.1. The summed E-state index contributed by atoms with van der Waals surface area (Å²) in [6.45, 7) is 0. The molecular formula is C20H16IN5O. The monoisotopic (exact) mass is 469 g/mol. The molecule has 3 heterocycles. The Bertz CT molecular complexity index is 1160. The molecule has 0 radical (unpaired) electrons. The molecule has 6 nitrogen and oxygen atoms in total. The maximum atomic E-state index is 8.93. The second-order valence-corrected chi connectivity index (χ2v) is 8.42. The number of hydrogen-bond acceptors (Lipinski definition) is 4. The minimum absolute atomic E-state index is 0.140. The third kappa shape index (κ3) is 2.84. The van der Waals surface area contributed by atoms with E-state index in [1.165, 1.54) is 0 Å². The van der Waals surface area contributed by atoms with Crippen LogP contribution in [0.5, 0.6) is 5.75 Å². The van der Waals surface area contributed by atoms with E-state index in [2.05, 4.69) is 43.0 Å². The Morgan fingerprint density at radius 3 is 2.78 bits per heavy atom. The van der Waals surface area contributed by atoms with Gasteiger partial charge in [-0.1, -0.05) is 22.6 Å². The number of nitrogens with zero attached hydrogens (tertiary/aromatic N) is 4. The Kier molecular flexibility index (Phi) is 4.01. The summed E-state index contributed by atoms with van der Waals surface area (Å²) in [5.74, 6) is 2.20. The van der Waals surface area contributed by atoms with Gasteiger partial charge < -0.3 is 9.72 Å². The van der Waals surface area contributed by atoms with Crippen LogP contribution in [0.15, 0.2) is 48.9 Å². The number of imidazole rings is 1. The molecule has 0 spiro atoms. The van der Waals surface area contributed by atoms with Crippen molar-refractivity contribution >= 4 is 39.3 Å². The van der Waals surface area contributed by atoms with Crippen molar-refractivity contribution in [2.24, 2.45) is 0 Å². The zero-order chi connectivity index (χ0) is 18.4. The molecule has 1 N–H and O–H groups in total. The summed E-state index contributed by atoms with van der Waals surface area (Å²) in [5.41, 5.74) is 3.58. The lowest BCUT2D eigenvalue weighted by Gasteiger charge is -2.14. The van der Waals surface area contributed by atoms with Crippen LogP contribution in [0, 0.1) is 11.3 Å². The van der Waals surface area contributed by atoms with Gasteiger partial charge in [-0.3, -0.25) is 4.40 Å². The fourth-order valence-corrected chi connectivity index (χ4v) is 5.05. The number of H-pyrrole nitrogens is 1. The normalized spacial score (nSPS) is 22.3. The van der Waals surface area contributed by atoms with Crippen LogP contribution in [0.4, 0.5) is 0 Å². The Labute approximate surface area is 169 Å². The molecule has 1 aliphatic rings. The van der Waals surface area contributed by atoms with Gasteiger partial charge >= 0.3 is 0 Å². The molecule has 1 fully saturated rings. The van der Waals surface area contributed by atoms with E-state index in [1.807, 2.05) is 36.8 Å². The summed E-state index contributed by atoms with van der Waals surface area (Å²) in [6.07, 6.45) is 7.70. The molecule has 0 aliphatic heterocycles. The van der Waals surface area contributed by atoms with E-state index in [4.69, 9.17) is 15.0 Å². The van der Waals surface area contributed by atoms with Crippen LogP contribution in [0.2, 0.25) is 0 Å². The average molecular weight is 469 g/mol. The van der Waals surface area contributed by atoms with Gasteiger partial charge in [0.25, 0.3) is 0 Å². The molecule has 7 heteroatoms. The predicted molar refractivity (Wildman–Crippen MR) is 110 cm³/mol. The SMILES string of the molecule is N#Cc1ccc(O[C@@H]2C[C@@H](I)[C@@H](c3ncc4cnc5[nH]ccc5n34)C2)cc1. The maximum Gasteiger partial charge on any atom is 0.154 e. The van der Waals surface area contributed by atoms with Gasteiger partial charge in [-0.15, -0.1) is 0 Å². The van der Waals surface area contributed by atoms with Crippen LogP contribution in [-0.4, -0.2) is 29.4 Å². The van der Waals surface area contributed by atoms with Crippen molar-refractivity contribution in [1.29, 1.82) is 5.26 Å². The van der Waals surface area contributed by atoms with Crippen LogP contribution in [0.1, 0.15) is 30.1 Å². The van der Waals surface area contributed by atoms with Crippen molar-refractivity contribution < 1.29 is 4.74 Å². The maximum absolute atomic E-state index is 8.93. The standard InChI is InChI=1S/C20H16IN5O/c21-17-8-15(27-14-3-1-12(9-22)2-4-14)7-16(17)20-25-11-13-10-24-19-18(26(13)20)5-6-23-19/h1-6,10-11,15-17,23H,7-8H2/t15-,16-,17+/m0/s1. The second kappa shape index (κ2) is 6.53. The van der Waals surface area contributed by atoms with Gasteiger partial charge in [0.2, 0.25) is 0 Å². The van der Waals surface area contributed by atoms with Crippen molar-refractivity contribution in [3.63, 3.8) is 0 Å². The fraction of sp³-hybridized carbons (Fsp3) is 0.250. The minimum atomic E-state index is 0.140. The van der Waals surface area contributed by atoms with E-state index >= 15 is 0 Å². The Hall–Kier alpha value is -2.60. The molecule has 1 saturated carbocycles. The summed E-state index contributed by atoms with van der Waals surface area (Å²) in [5, 5.41) is 8.93. The van der Waals surface area contributed by atoms with E-state index in [0.29, 0.717) is 15.4 Å². The first-order chi connectivity index (χ1) is 13.2. The number of halogens is 1. The van der Waals surface area contributed by atoms with Gasteiger partial charge in [0.15, 0.2) is 5.65 Å². The second-order valence-electron chi connectivity index (χ2n) is 6.82. The van der Waals surface area contributed by atoms with Crippen LogP contribution >= 0.6 is 22.6 Å². The van der Waals surface area contributed by atoms with Crippen LogP contribution in [0.3, 0.4) is 0 Å². The highest BCUT2D eigenvalue weighted by atomic mass is 127. The number of ether oxygens (including phenoxy) is 1. The highest BCUT2D eigenvalue weighted by Crippen LogP contribution is 2.41. The van der Waals surface area contributed by atoms with Crippen molar-refractivity contribution in [2.75, 3.05) is 0 Å². The van der Waals surface area contributed by atoms with Crippen LogP contribution in [-0.2, 0) is 0 Å². The molecule has 3 atom stereocenters. The Morgan fingerprint density at radius 2 is 1.96 bits per heavy atom. The van der Waals surface area contributed by atoms with Crippen molar-refractivity contribution in [3.8, 4) is 11.8 Å². The lowest BCUT2D eigenvalue weighted by molar-refractivity contribution is 0.208. The zero-order valence-electron chi connectivity index (χ0n) is 14.3. The highest BCUT2D eigenvalue weighted by molar-refractivity contribution is 14.1. The lowest BCUT2D eigenvalue weighted by atomic mass is 10.1. The summed E-state index contributed by atoms with van der Waals surface area (Å²) in [6, 6.07) is 11.5. The molecule has 1 aromatic carbocycles. The smallest absolute Gasteiger partial charge is 0.154 e. The van der Waals surface area contributed by atoms with Gasteiger partial charge in [0.05, 0.1) is 35.1 Å². The van der Waals surface area contributed by atoms with E-state index in [-0.39, 0.29) is 6.10 Å². The number of benzene rings is 1. The van der Waals surface area contributed by atoms with Crippen LogP contribution in [0.25, 0.3) is 16.7 Å². The number of nitrogens with one attached hydrogen (secondary N) is 1.